The molecule has 1 aliphatic rings. The number of esters is 1. The summed E-state index contributed by atoms with van der Waals surface area (Å²) in [6, 6.07) is 0. The number of fused-ring (bicyclic) bond motifs is 1. The SMILES string of the molecule is CCOC(=O)c1c2c(nn1CCNC(=O)OC(C)(C)C)CCN(C=O)C2. The molecule has 2 amide bonds. The van der Waals surface area contributed by atoms with Gasteiger partial charge in [-0.15, -0.1) is 0 Å². The van der Waals surface area contributed by atoms with Gasteiger partial charge in [0.15, 0.2) is 5.69 Å². The van der Waals surface area contributed by atoms with Crippen LogP contribution in [0.15, 0.2) is 0 Å². The Hall–Kier alpha value is -2.58. The quantitative estimate of drug-likeness (QED) is 0.597. The topological polar surface area (TPSA) is 103 Å². The molecule has 0 saturated carbocycles. The van der Waals surface area contributed by atoms with Crippen LogP contribution in [0.5, 0.6) is 0 Å². The number of alkyl carbamates (subject to hydrolysis) is 1. The molecule has 144 valence electrons. The van der Waals surface area contributed by atoms with E-state index >= 15 is 0 Å². The maximum absolute atomic E-state index is 12.4. The minimum atomic E-state index is -0.580. The van der Waals surface area contributed by atoms with Gasteiger partial charge in [-0.2, -0.15) is 5.10 Å². The highest BCUT2D eigenvalue weighted by Crippen LogP contribution is 2.22. The zero-order valence-electron chi connectivity index (χ0n) is 15.7. The number of rotatable bonds is 6. The summed E-state index contributed by atoms with van der Waals surface area (Å²) in [7, 11) is 0. The van der Waals surface area contributed by atoms with Gasteiger partial charge >= 0.3 is 12.1 Å². The number of hydrogen-bond acceptors (Lipinski definition) is 6. The predicted molar refractivity (Wildman–Crippen MR) is 92.6 cm³/mol. The van der Waals surface area contributed by atoms with Gasteiger partial charge in [-0.25, -0.2) is 9.59 Å². The van der Waals surface area contributed by atoms with Gasteiger partial charge in [0, 0.05) is 31.6 Å². The average Bonchev–Trinajstić information content (AvgIpc) is 2.90. The molecule has 9 heteroatoms. The van der Waals surface area contributed by atoms with Crippen molar-refractivity contribution in [2.45, 2.75) is 52.8 Å². The van der Waals surface area contributed by atoms with Crippen molar-refractivity contribution in [3.8, 4) is 0 Å². The molecule has 0 radical (unpaired) electrons. The highest BCUT2D eigenvalue weighted by atomic mass is 16.6. The van der Waals surface area contributed by atoms with Gasteiger partial charge in [0.25, 0.3) is 0 Å². The van der Waals surface area contributed by atoms with Gasteiger partial charge in [0.1, 0.15) is 5.60 Å². The summed E-state index contributed by atoms with van der Waals surface area (Å²) in [6.07, 6.45) is 0.811. The van der Waals surface area contributed by atoms with Crippen molar-refractivity contribution in [3.63, 3.8) is 0 Å². The second-order valence-corrected chi connectivity index (χ2v) is 6.97. The number of carbonyl (C=O) groups is 3. The first kappa shape index (κ1) is 19.7. The monoisotopic (exact) mass is 366 g/mol. The Kier molecular flexibility index (Phi) is 6.23. The summed E-state index contributed by atoms with van der Waals surface area (Å²) >= 11 is 0. The van der Waals surface area contributed by atoms with E-state index in [0.717, 1.165) is 12.1 Å². The van der Waals surface area contributed by atoms with E-state index in [1.54, 1.807) is 32.6 Å². The first-order chi connectivity index (χ1) is 12.2. The molecule has 2 rings (SSSR count). The van der Waals surface area contributed by atoms with Crippen LogP contribution in [-0.4, -0.2) is 58.5 Å². The second kappa shape index (κ2) is 8.20. The fourth-order valence-electron chi connectivity index (χ4n) is 2.71. The highest BCUT2D eigenvalue weighted by molar-refractivity contribution is 5.89. The molecule has 0 bridgehead atoms. The normalized spacial score (nSPS) is 13.8. The molecule has 0 fully saturated rings. The van der Waals surface area contributed by atoms with Gasteiger partial charge in [0.05, 0.1) is 18.8 Å². The van der Waals surface area contributed by atoms with Crippen LogP contribution in [0.3, 0.4) is 0 Å². The van der Waals surface area contributed by atoms with Crippen LogP contribution in [0.25, 0.3) is 0 Å². The van der Waals surface area contributed by atoms with Gasteiger partial charge in [0.2, 0.25) is 6.41 Å². The zero-order valence-corrected chi connectivity index (χ0v) is 15.7. The van der Waals surface area contributed by atoms with E-state index in [0.29, 0.717) is 37.3 Å². The number of aromatic nitrogens is 2. The third kappa shape index (κ3) is 4.96. The summed E-state index contributed by atoms with van der Waals surface area (Å²) in [6.45, 7) is 8.75. The molecule has 1 aromatic rings. The fraction of sp³-hybridized carbons (Fsp3) is 0.647. The standard InChI is InChI=1S/C17H26N4O5/c1-5-25-15(23)14-12-10-20(11-22)8-6-13(12)19-21(14)9-7-18-16(24)26-17(2,3)4/h11H,5-10H2,1-4H3,(H,18,24). The first-order valence-corrected chi connectivity index (χ1v) is 8.67. The van der Waals surface area contributed by atoms with Crippen molar-refractivity contribution in [1.82, 2.24) is 20.0 Å². The lowest BCUT2D eigenvalue weighted by Gasteiger charge is -2.22. The van der Waals surface area contributed by atoms with Gasteiger partial charge < -0.3 is 19.7 Å². The van der Waals surface area contributed by atoms with Crippen LogP contribution in [0.4, 0.5) is 4.79 Å². The van der Waals surface area contributed by atoms with Crippen LogP contribution in [0.1, 0.15) is 49.4 Å². The molecule has 0 saturated heterocycles. The molecule has 2 heterocycles. The third-order valence-electron chi connectivity index (χ3n) is 3.74. The van der Waals surface area contributed by atoms with Crippen molar-refractivity contribution >= 4 is 18.5 Å². The smallest absolute Gasteiger partial charge is 0.407 e. The van der Waals surface area contributed by atoms with Crippen LogP contribution in [0.2, 0.25) is 0 Å². The minimum Gasteiger partial charge on any atom is -0.461 e. The lowest BCUT2D eigenvalue weighted by Crippen LogP contribution is -2.34. The maximum atomic E-state index is 12.4. The largest absolute Gasteiger partial charge is 0.461 e. The van der Waals surface area contributed by atoms with E-state index in [9.17, 15) is 14.4 Å². The summed E-state index contributed by atoms with van der Waals surface area (Å²) in [5, 5.41) is 7.12. The number of ether oxygens (including phenoxy) is 2. The Morgan fingerprint density at radius 2 is 2.08 bits per heavy atom. The van der Waals surface area contributed by atoms with E-state index in [1.807, 2.05) is 0 Å². The van der Waals surface area contributed by atoms with Gasteiger partial charge in [-0.3, -0.25) is 9.48 Å². The number of amides is 2. The van der Waals surface area contributed by atoms with Crippen molar-refractivity contribution < 1.29 is 23.9 Å². The summed E-state index contributed by atoms with van der Waals surface area (Å²) in [4.78, 5) is 36.8. The third-order valence-corrected chi connectivity index (χ3v) is 3.74. The lowest BCUT2D eigenvalue weighted by molar-refractivity contribution is -0.118. The minimum absolute atomic E-state index is 0.242. The molecule has 1 aliphatic heterocycles. The lowest BCUT2D eigenvalue weighted by atomic mass is 10.1. The molecular weight excluding hydrogens is 340 g/mol. The van der Waals surface area contributed by atoms with Crippen LogP contribution in [-0.2, 0) is 33.8 Å². The van der Waals surface area contributed by atoms with E-state index < -0.39 is 17.7 Å². The molecule has 0 spiro atoms. The number of carbonyl (C=O) groups excluding carboxylic acids is 3. The number of hydrogen-bond donors (Lipinski definition) is 1. The molecular formula is C17H26N4O5. The Morgan fingerprint density at radius 3 is 2.69 bits per heavy atom. The molecule has 0 atom stereocenters. The Labute approximate surface area is 152 Å². The van der Waals surface area contributed by atoms with E-state index in [-0.39, 0.29) is 13.2 Å². The molecule has 0 unspecified atom stereocenters. The first-order valence-electron chi connectivity index (χ1n) is 8.67. The predicted octanol–water partition coefficient (Wildman–Crippen LogP) is 1.10. The molecule has 26 heavy (non-hydrogen) atoms. The molecule has 9 nitrogen and oxygen atoms in total. The van der Waals surface area contributed by atoms with Crippen molar-refractivity contribution in [2.75, 3.05) is 19.7 Å². The summed E-state index contributed by atoms with van der Waals surface area (Å²) in [5.41, 5.74) is 1.24. The van der Waals surface area contributed by atoms with Crippen LogP contribution < -0.4 is 5.32 Å². The number of nitrogens with zero attached hydrogens (tertiary/aromatic N) is 3. The Balaban J connectivity index is 2.12. The molecule has 0 aromatic carbocycles. The molecule has 1 N–H and O–H groups in total. The summed E-state index contributed by atoms with van der Waals surface area (Å²) in [5.74, 6) is -0.480. The van der Waals surface area contributed by atoms with Crippen molar-refractivity contribution in [1.29, 1.82) is 0 Å². The average molecular weight is 366 g/mol. The number of nitrogens with one attached hydrogen (secondary N) is 1. The fourth-order valence-corrected chi connectivity index (χ4v) is 2.71. The van der Waals surface area contributed by atoms with Crippen molar-refractivity contribution in [2.24, 2.45) is 0 Å². The van der Waals surface area contributed by atoms with Crippen LogP contribution >= 0.6 is 0 Å². The van der Waals surface area contributed by atoms with E-state index in [2.05, 4.69) is 10.4 Å². The highest BCUT2D eigenvalue weighted by Gasteiger charge is 2.28. The maximum Gasteiger partial charge on any atom is 0.407 e. The van der Waals surface area contributed by atoms with E-state index in [4.69, 9.17) is 9.47 Å². The van der Waals surface area contributed by atoms with Crippen LogP contribution in [0, 0.1) is 0 Å². The Morgan fingerprint density at radius 1 is 1.35 bits per heavy atom. The summed E-state index contributed by atoms with van der Waals surface area (Å²) < 4.78 is 11.9. The molecule has 1 aromatic heterocycles. The second-order valence-electron chi connectivity index (χ2n) is 6.97. The van der Waals surface area contributed by atoms with Gasteiger partial charge in [-0.1, -0.05) is 0 Å². The zero-order chi connectivity index (χ0) is 19.3. The molecule has 0 aliphatic carbocycles. The van der Waals surface area contributed by atoms with Crippen molar-refractivity contribution in [3.05, 3.63) is 17.0 Å². The van der Waals surface area contributed by atoms with E-state index in [1.165, 1.54) is 4.68 Å². The Bertz CT molecular complexity index is 677. The van der Waals surface area contributed by atoms with Gasteiger partial charge in [-0.05, 0) is 27.7 Å².